The molecule has 3 aromatic carbocycles. The third-order valence-electron chi connectivity index (χ3n) is 5.70. The summed E-state index contributed by atoms with van der Waals surface area (Å²) >= 11 is 0. The van der Waals surface area contributed by atoms with Crippen LogP contribution < -0.4 is 9.47 Å². The maximum absolute atomic E-state index is 6.04. The molecule has 4 nitrogen and oxygen atoms in total. The van der Waals surface area contributed by atoms with Crippen molar-refractivity contribution in [3.63, 3.8) is 0 Å². The van der Waals surface area contributed by atoms with Gasteiger partial charge in [-0.1, -0.05) is 72.8 Å². The van der Waals surface area contributed by atoms with Crippen molar-refractivity contribution in [2.45, 2.75) is 13.3 Å². The molecule has 0 aliphatic rings. The predicted molar refractivity (Wildman–Crippen MR) is 155 cm³/mol. The maximum atomic E-state index is 6.04. The zero-order valence-corrected chi connectivity index (χ0v) is 22.4. The van der Waals surface area contributed by atoms with E-state index in [9.17, 15) is 0 Å². The minimum Gasteiger partial charge on any atom is -0.494 e. The van der Waals surface area contributed by atoms with Gasteiger partial charge in [-0.2, -0.15) is 0 Å². The van der Waals surface area contributed by atoms with E-state index in [0.717, 1.165) is 59.9 Å². The second kappa shape index (κ2) is 14.3. The van der Waals surface area contributed by atoms with Gasteiger partial charge in [0.2, 0.25) is 0 Å². The van der Waals surface area contributed by atoms with Crippen LogP contribution in [-0.2, 0) is 0 Å². The monoisotopic (exact) mass is 484 g/mol. The minimum atomic E-state index is 0.670. The van der Waals surface area contributed by atoms with Gasteiger partial charge in [-0.25, -0.2) is 0 Å². The summed E-state index contributed by atoms with van der Waals surface area (Å²) in [4.78, 5) is 4.30. The van der Waals surface area contributed by atoms with Crippen molar-refractivity contribution in [3.05, 3.63) is 94.5 Å². The van der Waals surface area contributed by atoms with Crippen LogP contribution in [0.4, 0.5) is 0 Å². The van der Waals surface area contributed by atoms with Gasteiger partial charge in [0.25, 0.3) is 0 Å². The lowest BCUT2D eigenvalue weighted by molar-refractivity contribution is 0.261. The van der Waals surface area contributed by atoms with Crippen molar-refractivity contribution >= 4 is 24.3 Å². The Bertz CT molecular complexity index is 1130. The van der Waals surface area contributed by atoms with Gasteiger partial charge in [0.15, 0.2) is 0 Å². The molecule has 3 aromatic rings. The molecule has 0 aliphatic heterocycles. The quantitative estimate of drug-likeness (QED) is 0.201. The van der Waals surface area contributed by atoms with E-state index in [2.05, 4.69) is 124 Å². The van der Waals surface area contributed by atoms with Crippen molar-refractivity contribution in [2.75, 3.05) is 54.5 Å². The van der Waals surface area contributed by atoms with Crippen LogP contribution in [0.3, 0.4) is 0 Å². The molecule has 0 atom stereocenters. The smallest absolute Gasteiger partial charge is 0.126 e. The van der Waals surface area contributed by atoms with Crippen molar-refractivity contribution in [2.24, 2.45) is 0 Å². The standard InChI is InChI=1S/C32H40N2O2/c1-26-10-18-30(32(24-26)36-23-21-34(4)5)19-17-28-13-11-27(12-14-28)15-16-29-8-6-9-31(25-29)35-22-7-20-33(2)3/h6,8-19,24-25H,7,20-23H2,1-5H3/b16-15+,19-17+. The van der Waals surface area contributed by atoms with Crippen LogP contribution in [0.15, 0.2) is 66.7 Å². The largest absolute Gasteiger partial charge is 0.494 e. The summed E-state index contributed by atoms with van der Waals surface area (Å²) in [5.74, 6) is 1.84. The third kappa shape index (κ3) is 9.73. The molecule has 0 saturated carbocycles. The Morgan fingerprint density at radius 2 is 1.31 bits per heavy atom. The summed E-state index contributed by atoms with van der Waals surface area (Å²) in [6.45, 7) is 5.41. The fourth-order valence-corrected chi connectivity index (χ4v) is 3.62. The molecule has 0 bridgehead atoms. The average molecular weight is 485 g/mol. The van der Waals surface area contributed by atoms with Crippen LogP contribution in [0.5, 0.6) is 11.5 Å². The zero-order valence-electron chi connectivity index (χ0n) is 22.4. The van der Waals surface area contributed by atoms with Gasteiger partial charge in [-0.05, 0) is 82.0 Å². The van der Waals surface area contributed by atoms with E-state index >= 15 is 0 Å². The number of rotatable bonds is 13. The SMILES string of the molecule is Cc1ccc(/C=C/c2ccc(/C=C/c3cccc(OCCCN(C)C)c3)cc2)c(OCCN(C)C)c1. The highest BCUT2D eigenvalue weighted by atomic mass is 16.5. The van der Waals surface area contributed by atoms with Crippen LogP contribution in [-0.4, -0.2) is 64.3 Å². The van der Waals surface area contributed by atoms with E-state index in [1.807, 2.05) is 12.1 Å². The summed E-state index contributed by atoms with van der Waals surface area (Å²) in [7, 11) is 8.27. The molecule has 0 unspecified atom stereocenters. The molecule has 0 aromatic heterocycles. The lowest BCUT2D eigenvalue weighted by atomic mass is 10.1. The lowest BCUT2D eigenvalue weighted by Crippen LogP contribution is -2.19. The summed E-state index contributed by atoms with van der Waals surface area (Å²) in [6, 6.07) is 23.1. The van der Waals surface area contributed by atoms with Crippen molar-refractivity contribution in [1.82, 2.24) is 9.80 Å². The van der Waals surface area contributed by atoms with E-state index in [1.54, 1.807) is 0 Å². The van der Waals surface area contributed by atoms with Gasteiger partial charge >= 0.3 is 0 Å². The van der Waals surface area contributed by atoms with Crippen LogP contribution in [0, 0.1) is 6.92 Å². The van der Waals surface area contributed by atoms with Gasteiger partial charge in [0.1, 0.15) is 18.1 Å². The van der Waals surface area contributed by atoms with E-state index in [-0.39, 0.29) is 0 Å². The molecule has 3 rings (SSSR count). The van der Waals surface area contributed by atoms with Gasteiger partial charge in [0.05, 0.1) is 6.61 Å². The molecule has 0 fully saturated rings. The summed E-state index contributed by atoms with van der Waals surface area (Å²) in [5, 5.41) is 0. The molecule has 0 aliphatic carbocycles. The minimum absolute atomic E-state index is 0.670. The van der Waals surface area contributed by atoms with Crippen LogP contribution >= 0.6 is 0 Å². The highest BCUT2D eigenvalue weighted by molar-refractivity contribution is 5.74. The number of hydrogen-bond donors (Lipinski definition) is 0. The molecule has 36 heavy (non-hydrogen) atoms. The molecule has 0 radical (unpaired) electrons. The van der Waals surface area contributed by atoms with E-state index < -0.39 is 0 Å². The topological polar surface area (TPSA) is 24.9 Å². The average Bonchev–Trinajstić information content (AvgIpc) is 2.85. The molecule has 0 amide bonds. The Kier molecular flexibility index (Phi) is 10.8. The van der Waals surface area contributed by atoms with Gasteiger partial charge in [-0.3, -0.25) is 0 Å². The zero-order chi connectivity index (χ0) is 25.8. The predicted octanol–water partition coefficient (Wildman–Crippen LogP) is 6.61. The Balaban J connectivity index is 1.59. The van der Waals surface area contributed by atoms with Crippen LogP contribution in [0.2, 0.25) is 0 Å². The second-order valence-electron chi connectivity index (χ2n) is 9.60. The molecule has 0 spiro atoms. The number of ether oxygens (including phenoxy) is 2. The lowest BCUT2D eigenvalue weighted by Gasteiger charge is -2.13. The first-order valence-electron chi connectivity index (χ1n) is 12.6. The number of nitrogens with zero attached hydrogens (tertiary/aromatic N) is 2. The van der Waals surface area contributed by atoms with Crippen LogP contribution in [0.1, 0.15) is 34.2 Å². The summed E-state index contributed by atoms with van der Waals surface area (Å²) < 4.78 is 11.9. The molecular formula is C32H40N2O2. The van der Waals surface area contributed by atoms with E-state index in [1.165, 1.54) is 5.56 Å². The molecule has 0 heterocycles. The van der Waals surface area contributed by atoms with E-state index in [0.29, 0.717) is 6.61 Å². The number of likely N-dealkylation sites (N-methyl/N-ethyl adjacent to an activating group) is 1. The van der Waals surface area contributed by atoms with Gasteiger partial charge < -0.3 is 19.3 Å². The highest BCUT2D eigenvalue weighted by Crippen LogP contribution is 2.23. The number of hydrogen-bond acceptors (Lipinski definition) is 4. The summed E-state index contributed by atoms with van der Waals surface area (Å²) in [5.41, 5.74) is 5.73. The fraction of sp³-hybridized carbons (Fsp3) is 0.312. The fourth-order valence-electron chi connectivity index (χ4n) is 3.62. The van der Waals surface area contributed by atoms with Crippen molar-refractivity contribution in [3.8, 4) is 11.5 Å². The Morgan fingerprint density at radius 1 is 0.639 bits per heavy atom. The van der Waals surface area contributed by atoms with Crippen molar-refractivity contribution < 1.29 is 9.47 Å². The van der Waals surface area contributed by atoms with E-state index in [4.69, 9.17) is 9.47 Å². The number of aryl methyl sites for hydroxylation is 1. The highest BCUT2D eigenvalue weighted by Gasteiger charge is 2.03. The normalized spacial score (nSPS) is 11.8. The first-order chi connectivity index (χ1) is 17.4. The van der Waals surface area contributed by atoms with Crippen molar-refractivity contribution in [1.29, 1.82) is 0 Å². The molecule has 0 N–H and O–H groups in total. The molecule has 190 valence electrons. The molecule has 0 saturated heterocycles. The number of benzene rings is 3. The molecule has 4 heteroatoms. The summed E-state index contributed by atoms with van der Waals surface area (Å²) in [6.07, 6.45) is 9.53. The van der Waals surface area contributed by atoms with Gasteiger partial charge in [-0.15, -0.1) is 0 Å². The maximum Gasteiger partial charge on any atom is 0.126 e. The second-order valence-corrected chi connectivity index (χ2v) is 9.60. The Hall–Kier alpha value is -3.34. The Morgan fingerprint density at radius 3 is 2.00 bits per heavy atom. The van der Waals surface area contributed by atoms with Crippen LogP contribution in [0.25, 0.3) is 24.3 Å². The first kappa shape index (κ1) is 27.3. The first-order valence-corrected chi connectivity index (χ1v) is 12.6. The molecular weight excluding hydrogens is 444 g/mol. The van der Waals surface area contributed by atoms with Gasteiger partial charge in [0, 0.05) is 18.7 Å². The third-order valence-corrected chi connectivity index (χ3v) is 5.70. The Labute approximate surface area is 217 Å².